The summed E-state index contributed by atoms with van der Waals surface area (Å²) >= 11 is 7.42. The van der Waals surface area contributed by atoms with Crippen LogP contribution in [0.2, 0.25) is 5.02 Å². The van der Waals surface area contributed by atoms with Crippen LogP contribution < -0.4 is 10.7 Å². The smallest absolute Gasteiger partial charge is 0.207 e. The molecule has 0 spiro atoms. The Morgan fingerprint density at radius 2 is 2.04 bits per heavy atom. The molecule has 3 aliphatic rings. The van der Waals surface area contributed by atoms with Crippen molar-refractivity contribution < 1.29 is 0 Å². The van der Waals surface area contributed by atoms with Gasteiger partial charge in [-0.15, -0.1) is 11.3 Å². The number of anilines is 1. The first-order valence-electron chi connectivity index (χ1n) is 8.19. The lowest BCUT2D eigenvalue weighted by Gasteiger charge is -2.19. The first kappa shape index (κ1) is 15.4. The van der Waals surface area contributed by atoms with Gasteiger partial charge in [0.05, 0.1) is 21.5 Å². The number of hydrogen-bond acceptors (Lipinski definition) is 4. The first-order chi connectivity index (χ1) is 12.7. The SMILES string of the molecule is N#Cc1c2cc(-c3ccc(Cl)cc3)n3c(c-2c(=O)c2sccc12)NCC3. The van der Waals surface area contributed by atoms with E-state index in [4.69, 9.17) is 11.6 Å². The molecule has 0 saturated carbocycles. The molecule has 2 aromatic rings. The van der Waals surface area contributed by atoms with E-state index in [1.165, 1.54) is 11.3 Å². The van der Waals surface area contributed by atoms with Crippen molar-refractivity contribution in [2.24, 2.45) is 0 Å². The average Bonchev–Trinajstić information content (AvgIpc) is 3.31. The molecule has 3 heterocycles. The minimum atomic E-state index is -0.00944. The maximum Gasteiger partial charge on any atom is 0.207 e. The van der Waals surface area contributed by atoms with E-state index in [-0.39, 0.29) is 5.43 Å². The number of benzene rings is 2. The van der Waals surface area contributed by atoms with Crippen molar-refractivity contribution in [2.45, 2.75) is 6.54 Å². The average molecular weight is 378 g/mol. The largest absolute Gasteiger partial charge is 0.369 e. The van der Waals surface area contributed by atoms with Crippen molar-refractivity contribution >= 4 is 38.8 Å². The summed E-state index contributed by atoms with van der Waals surface area (Å²) < 4.78 is 2.76. The molecule has 1 aliphatic carbocycles. The van der Waals surface area contributed by atoms with Crippen LogP contribution in [0, 0.1) is 11.3 Å². The summed E-state index contributed by atoms with van der Waals surface area (Å²) in [5.41, 5.74) is 3.83. The highest BCUT2D eigenvalue weighted by Crippen LogP contribution is 2.41. The predicted octanol–water partition coefficient (Wildman–Crippen LogP) is 4.79. The zero-order valence-electron chi connectivity index (χ0n) is 13.5. The first-order valence-corrected chi connectivity index (χ1v) is 9.45. The highest BCUT2D eigenvalue weighted by Gasteiger charge is 2.27. The van der Waals surface area contributed by atoms with Gasteiger partial charge in [-0.3, -0.25) is 4.79 Å². The highest BCUT2D eigenvalue weighted by atomic mass is 35.5. The van der Waals surface area contributed by atoms with E-state index in [0.717, 1.165) is 35.6 Å². The summed E-state index contributed by atoms with van der Waals surface area (Å²) in [5.74, 6) is 0.796. The van der Waals surface area contributed by atoms with E-state index < -0.39 is 0 Å². The third kappa shape index (κ3) is 2.03. The van der Waals surface area contributed by atoms with E-state index in [1.54, 1.807) is 0 Å². The lowest BCUT2D eigenvalue weighted by molar-refractivity contribution is 0.810. The maximum atomic E-state index is 13.1. The van der Waals surface area contributed by atoms with Gasteiger partial charge in [0.2, 0.25) is 5.43 Å². The Labute approximate surface area is 158 Å². The summed E-state index contributed by atoms with van der Waals surface area (Å²) in [6, 6.07) is 13.8. The molecule has 4 nitrogen and oxygen atoms in total. The lowest BCUT2D eigenvalue weighted by Crippen LogP contribution is -2.13. The summed E-state index contributed by atoms with van der Waals surface area (Å²) in [6.07, 6.45) is 0. The fraction of sp³-hybridized carbons (Fsp3) is 0.100. The van der Waals surface area contributed by atoms with Crippen molar-refractivity contribution in [3.63, 3.8) is 0 Å². The lowest BCUT2D eigenvalue weighted by atomic mass is 9.93. The van der Waals surface area contributed by atoms with E-state index in [1.807, 2.05) is 41.8 Å². The molecule has 5 rings (SSSR count). The molecular formula is C20H12ClN3OS. The van der Waals surface area contributed by atoms with Gasteiger partial charge in [-0.1, -0.05) is 23.7 Å². The topological polar surface area (TPSA) is 57.8 Å². The van der Waals surface area contributed by atoms with Gasteiger partial charge in [-0.05, 0) is 35.2 Å². The maximum absolute atomic E-state index is 13.1. The number of nitriles is 1. The predicted molar refractivity (Wildman–Crippen MR) is 106 cm³/mol. The van der Waals surface area contributed by atoms with Crippen LogP contribution in [0.1, 0.15) is 5.56 Å². The molecule has 1 aromatic carbocycles. The van der Waals surface area contributed by atoms with Gasteiger partial charge >= 0.3 is 0 Å². The molecule has 0 unspecified atom stereocenters. The van der Waals surface area contributed by atoms with Gasteiger partial charge in [0.25, 0.3) is 0 Å². The molecule has 126 valence electrons. The molecular weight excluding hydrogens is 366 g/mol. The Morgan fingerprint density at radius 3 is 2.81 bits per heavy atom. The summed E-state index contributed by atoms with van der Waals surface area (Å²) in [6.45, 7) is 1.52. The molecule has 0 fully saturated rings. The number of halogens is 1. The quantitative estimate of drug-likeness (QED) is 0.519. The number of fused-ring (bicyclic) bond motifs is 4. The number of pyridine rings is 1. The van der Waals surface area contributed by atoms with Crippen molar-refractivity contribution in [3.8, 4) is 28.5 Å². The Kier molecular flexibility index (Phi) is 3.33. The standard InChI is InChI=1S/C20H12ClN3OS/c21-12-3-1-11(2-4-12)16-9-14-15(10-22)13-5-8-26-19(13)18(25)17(14)20-23-6-7-24(16)20/h1-5,8-9,23H,6-7H2. The number of hydrogen-bond donors (Lipinski definition) is 1. The third-order valence-electron chi connectivity index (χ3n) is 4.86. The van der Waals surface area contributed by atoms with Crippen molar-refractivity contribution in [3.05, 3.63) is 62.6 Å². The molecule has 2 aliphatic heterocycles. The minimum absolute atomic E-state index is 0.00944. The molecule has 0 radical (unpaired) electrons. The van der Waals surface area contributed by atoms with Gasteiger partial charge in [0.15, 0.2) is 0 Å². The Bertz CT molecular complexity index is 1250. The van der Waals surface area contributed by atoms with Crippen LogP contribution >= 0.6 is 22.9 Å². The number of nitrogens with zero attached hydrogens (tertiary/aromatic N) is 2. The van der Waals surface area contributed by atoms with E-state index in [0.29, 0.717) is 26.4 Å². The molecule has 0 bridgehead atoms. The molecule has 0 atom stereocenters. The fourth-order valence-electron chi connectivity index (χ4n) is 3.72. The minimum Gasteiger partial charge on any atom is -0.369 e. The van der Waals surface area contributed by atoms with Gasteiger partial charge < -0.3 is 9.88 Å². The number of aromatic nitrogens is 1. The van der Waals surface area contributed by atoms with Gasteiger partial charge in [0.1, 0.15) is 11.9 Å². The summed E-state index contributed by atoms with van der Waals surface area (Å²) in [5, 5.41) is 16.4. The number of nitrogens with one attached hydrogen (secondary N) is 1. The molecule has 1 N–H and O–H groups in total. The van der Waals surface area contributed by atoms with Gasteiger partial charge in [0, 0.05) is 29.1 Å². The molecule has 26 heavy (non-hydrogen) atoms. The number of rotatable bonds is 1. The summed E-state index contributed by atoms with van der Waals surface area (Å²) in [4.78, 5) is 13.1. The molecule has 0 amide bonds. The molecule has 1 aromatic heterocycles. The van der Waals surface area contributed by atoms with Crippen molar-refractivity contribution in [1.82, 2.24) is 4.57 Å². The van der Waals surface area contributed by atoms with Crippen LogP contribution in [0.3, 0.4) is 0 Å². The summed E-state index contributed by atoms with van der Waals surface area (Å²) in [7, 11) is 0. The monoisotopic (exact) mass is 377 g/mol. The zero-order chi connectivity index (χ0) is 17.8. The Morgan fingerprint density at radius 1 is 1.23 bits per heavy atom. The second kappa shape index (κ2) is 5.60. The van der Waals surface area contributed by atoms with Crippen LogP contribution in [0.25, 0.3) is 32.5 Å². The molecule has 6 heteroatoms. The van der Waals surface area contributed by atoms with E-state index in [9.17, 15) is 10.1 Å². The Hall–Kier alpha value is -2.81. The second-order valence-electron chi connectivity index (χ2n) is 6.23. The van der Waals surface area contributed by atoms with Crippen molar-refractivity contribution in [1.29, 1.82) is 5.26 Å². The van der Waals surface area contributed by atoms with Crippen LogP contribution in [0.4, 0.5) is 5.82 Å². The fourth-order valence-corrected chi connectivity index (χ4v) is 4.69. The third-order valence-corrected chi connectivity index (χ3v) is 6.03. The van der Waals surface area contributed by atoms with Crippen molar-refractivity contribution in [2.75, 3.05) is 11.9 Å². The normalized spacial score (nSPS) is 12.9. The van der Waals surface area contributed by atoms with Gasteiger partial charge in [-0.25, -0.2) is 0 Å². The van der Waals surface area contributed by atoms with E-state index >= 15 is 0 Å². The van der Waals surface area contributed by atoms with Crippen LogP contribution in [-0.2, 0) is 6.54 Å². The second-order valence-corrected chi connectivity index (χ2v) is 7.58. The van der Waals surface area contributed by atoms with E-state index in [2.05, 4.69) is 16.0 Å². The van der Waals surface area contributed by atoms with Crippen LogP contribution in [0.15, 0.2) is 46.6 Å². The van der Waals surface area contributed by atoms with Gasteiger partial charge in [-0.2, -0.15) is 5.26 Å². The van der Waals surface area contributed by atoms with Crippen LogP contribution in [-0.4, -0.2) is 11.1 Å². The highest BCUT2D eigenvalue weighted by molar-refractivity contribution is 7.17. The number of thiophene rings is 1. The molecule has 0 saturated heterocycles. The Balaban J connectivity index is 1.97. The zero-order valence-corrected chi connectivity index (χ0v) is 15.1. The van der Waals surface area contributed by atoms with Crippen LogP contribution in [0.5, 0.6) is 0 Å².